The summed E-state index contributed by atoms with van der Waals surface area (Å²) >= 11 is 1.63. The largest absolute Gasteiger partial charge is 0.398 e. The zero-order chi connectivity index (χ0) is 11.7. The Morgan fingerprint density at radius 3 is 2.40 bits per heavy atom. The molecule has 0 aromatic carbocycles. The summed E-state index contributed by atoms with van der Waals surface area (Å²) in [7, 11) is 0. The third kappa shape index (κ3) is 2.93. The lowest BCUT2D eigenvalue weighted by Gasteiger charge is -2.38. The molecule has 0 spiro atoms. The maximum atomic E-state index is 9.95. The topological polar surface area (TPSA) is 58.3 Å². The van der Waals surface area contributed by atoms with Crippen LogP contribution in [0.3, 0.4) is 0 Å². The van der Waals surface area contributed by atoms with Gasteiger partial charge in [-0.3, -0.25) is 0 Å². The molecule has 0 atom stereocenters. The van der Waals surface area contributed by atoms with Crippen LogP contribution < -0.4 is 11.1 Å². The molecule has 0 aliphatic heterocycles. The maximum absolute atomic E-state index is 9.95. The van der Waals surface area contributed by atoms with Crippen LogP contribution in [0, 0.1) is 0 Å². The Hall–Kier alpha value is -0.580. The third-order valence-corrected chi connectivity index (χ3v) is 3.94. The molecule has 0 unspecified atom stereocenters. The van der Waals surface area contributed by atoms with E-state index in [4.69, 9.17) is 5.73 Å². The molecule has 0 radical (unpaired) electrons. The second kappa shape index (κ2) is 4.12. The van der Waals surface area contributed by atoms with Gasteiger partial charge in [0.15, 0.2) is 0 Å². The highest BCUT2D eigenvalue weighted by Gasteiger charge is 2.34. The van der Waals surface area contributed by atoms with E-state index in [0.29, 0.717) is 6.54 Å². The molecule has 4 N–H and O–H groups in total. The lowest BCUT2D eigenvalue weighted by molar-refractivity contribution is -0.00518. The molecule has 86 valence electrons. The highest BCUT2D eigenvalue weighted by molar-refractivity contribution is 7.10. The van der Waals surface area contributed by atoms with Gasteiger partial charge >= 0.3 is 0 Å². The summed E-state index contributed by atoms with van der Waals surface area (Å²) in [6.07, 6.45) is 0. The van der Waals surface area contributed by atoms with Crippen LogP contribution in [-0.4, -0.2) is 16.2 Å². The van der Waals surface area contributed by atoms with Gasteiger partial charge in [0, 0.05) is 22.6 Å². The van der Waals surface area contributed by atoms with Crippen LogP contribution in [0.5, 0.6) is 0 Å². The maximum Gasteiger partial charge on any atom is 0.0767 e. The molecule has 0 aliphatic rings. The van der Waals surface area contributed by atoms with Gasteiger partial charge in [0.05, 0.1) is 5.60 Å². The van der Waals surface area contributed by atoms with Crippen LogP contribution in [0.1, 0.15) is 32.6 Å². The van der Waals surface area contributed by atoms with Gasteiger partial charge in [-0.15, -0.1) is 11.3 Å². The lowest BCUT2D eigenvalue weighted by atomic mass is 9.86. The lowest BCUT2D eigenvalue weighted by Crippen LogP contribution is -2.55. The van der Waals surface area contributed by atoms with Gasteiger partial charge < -0.3 is 16.2 Å². The van der Waals surface area contributed by atoms with Crippen molar-refractivity contribution in [3.8, 4) is 0 Å². The summed E-state index contributed by atoms with van der Waals surface area (Å²) < 4.78 is 0. The van der Waals surface area contributed by atoms with Crippen molar-refractivity contribution in [1.82, 2.24) is 5.32 Å². The molecule has 0 amide bonds. The monoisotopic (exact) mass is 228 g/mol. The molecule has 1 aromatic rings. The molecule has 15 heavy (non-hydrogen) atoms. The van der Waals surface area contributed by atoms with Crippen LogP contribution >= 0.6 is 11.3 Å². The molecule has 1 heterocycles. The van der Waals surface area contributed by atoms with E-state index in [-0.39, 0.29) is 5.54 Å². The second-order valence-electron chi connectivity index (χ2n) is 4.84. The van der Waals surface area contributed by atoms with E-state index in [2.05, 4.69) is 5.32 Å². The van der Waals surface area contributed by atoms with Crippen LogP contribution in [0.2, 0.25) is 0 Å². The Morgan fingerprint density at radius 1 is 1.40 bits per heavy atom. The molecule has 4 heteroatoms. The number of nitrogens with two attached hydrogens (primary N) is 1. The Balaban J connectivity index is 2.61. The Kier molecular flexibility index (Phi) is 3.43. The molecule has 0 bridgehead atoms. The quantitative estimate of drug-likeness (QED) is 0.738. The number of anilines is 1. The van der Waals surface area contributed by atoms with Crippen molar-refractivity contribution in [1.29, 1.82) is 0 Å². The van der Waals surface area contributed by atoms with E-state index in [1.54, 1.807) is 25.2 Å². The third-order valence-electron chi connectivity index (χ3n) is 3.00. The first-order valence-electron chi connectivity index (χ1n) is 5.03. The Labute approximate surface area is 95.3 Å². The van der Waals surface area contributed by atoms with Crippen molar-refractivity contribution in [2.75, 3.05) is 5.73 Å². The molecular formula is C11H20N2OS. The van der Waals surface area contributed by atoms with Crippen LogP contribution in [-0.2, 0) is 6.54 Å². The van der Waals surface area contributed by atoms with E-state index in [0.717, 1.165) is 10.6 Å². The molecule has 0 saturated carbocycles. The van der Waals surface area contributed by atoms with Crippen molar-refractivity contribution in [3.05, 3.63) is 16.3 Å². The van der Waals surface area contributed by atoms with Crippen molar-refractivity contribution >= 4 is 17.0 Å². The van der Waals surface area contributed by atoms with Crippen molar-refractivity contribution in [2.24, 2.45) is 0 Å². The number of hydrogen-bond donors (Lipinski definition) is 3. The molecule has 1 aromatic heterocycles. The molecule has 0 saturated heterocycles. The number of aliphatic hydroxyl groups is 1. The minimum absolute atomic E-state index is 0.344. The van der Waals surface area contributed by atoms with Gasteiger partial charge in [-0.2, -0.15) is 0 Å². The first-order valence-corrected chi connectivity index (χ1v) is 5.91. The fourth-order valence-electron chi connectivity index (χ4n) is 1.01. The van der Waals surface area contributed by atoms with Gasteiger partial charge in [0.1, 0.15) is 0 Å². The van der Waals surface area contributed by atoms with Crippen LogP contribution in [0.4, 0.5) is 5.69 Å². The highest BCUT2D eigenvalue weighted by Crippen LogP contribution is 2.24. The minimum atomic E-state index is -0.765. The summed E-state index contributed by atoms with van der Waals surface area (Å²) in [4.78, 5) is 1.12. The number of nitrogen functional groups attached to an aromatic ring is 1. The summed E-state index contributed by atoms with van der Waals surface area (Å²) in [5, 5.41) is 15.3. The highest BCUT2D eigenvalue weighted by atomic mass is 32.1. The average molecular weight is 228 g/mol. The SMILES string of the molecule is CC(C)(O)C(C)(C)NCc1sccc1N. The molecule has 0 aliphatic carbocycles. The summed E-state index contributed by atoms with van der Waals surface area (Å²) in [5.41, 5.74) is 5.50. The van der Waals surface area contributed by atoms with Crippen LogP contribution in [0.15, 0.2) is 11.4 Å². The Bertz CT molecular complexity index is 326. The molecule has 3 nitrogen and oxygen atoms in total. The fraction of sp³-hybridized carbons (Fsp3) is 0.636. The minimum Gasteiger partial charge on any atom is -0.398 e. The number of nitrogens with one attached hydrogen (secondary N) is 1. The van der Waals surface area contributed by atoms with Gasteiger partial charge in [-0.25, -0.2) is 0 Å². The van der Waals surface area contributed by atoms with Gasteiger partial charge in [-0.05, 0) is 39.1 Å². The normalized spacial score (nSPS) is 13.1. The summed E-state index contributed by atoms with van der Waals surface area (Å²) in [6.45, 7) is 8.27. The first kappa shape index (κ1) is 12.5. The average Bonchev–Trinajstić information content (AvgIpc) is 2.46. The van der Waals surface area contributed by atoms with Crippen molar-refractivity contribution in [2.45, 2.75) is 45.4 Å². The zero-order valence-corrected chi connectivity index (χ0v) is 10.6. The van der Waals surface area contributed by atoms with Gasteiger partial charge in [-0.1, -0.05) is 0 Å². The number of thiophene rings is 1. The van der Waals surface area contributed by atoms with E-state index < -0.39 is 5.60 Å². The smallest absolute Gasteiger partial charge is 0.0767 e. The van der Waals surface area contributed by atoms with Crippen LogP contribution in [0.25, 0.3) is 0 Å². The van der Waals surface area contributed by atoms with E-state index in [1.165, 1.54) is 0 Å². The fourth-order valence-corrected chi connectivity index (χ4v) is 1.75. The van der Waals surface area contributed by atoms with Crippen molar-refractivity contribution in [3.63, 3.8) is 0 Å². The summed E-state index contributed by atoms with van der Waals surface area (Å²) in [5.74, 6) is 0. The number of hydrogen-bond acceptors (Lipinski definition) is 4. The predicted octanol–water partition coefficient (Wildman–Crippen LogP) is 1.97. The summed E-state index contributed by atoms with van der Waals surface area (Å²) in [6, 6.07) is 1.90. The second-order valence-corrected chi connectivity index (χ2v) is 5.84. The number of rotatable bonds is 4. The van der Waals surface area contributed by atoms with E-state index in [1.807, 2.05) is 25.3 Å². The predicted molar refractivity (Wildman–Crippen MR) is 65.9 cm³/mol. The van der Waals surface area contributed by atoms with Crippen molar-refractivity contribution < 1.29 is 5.11 Å². The molecule has 1 rings (SSSR count). The Morgan fingerprint density at radius 2 is 2.00 bits per heavy atom. The zero-order valence-electron chi connectivity index (χ0n) is 9.79. The van der Waals surface area contributed by atoms with E-state index >= 15 is 0 Å². The van der Waals surface area contributed by atoms with E-state index in [9.17, 15) is 5.11 Å². The van der Waals surface area contributed by atoms with Gasteiger partial charge in [0.25, 0.3) is 0 Å². The van der Waals surface area contributed by atoms with Gasteiger partial charge in [0.2, 0.25) is 0 Å². The molecular weight excluding hydrogens is 208 g/mol. The first-order chi connectivity index (χ1) is 6.74. The molecule has 0 fully saturated rings. The standard InChI is InChI=1S/C11H20N2OS/c1-10(2,11(3,4)14)13-7-9-8(12)5-6-15-9/h5-6,13-14H,7,12H2,1-4H3.